The van der Waals surface area contributed by atoms with Gasteiger partial charge in [0.1, 0.15) is 0 Å². The molecule has 0 N–H and O–H groups in total. The van der Waals surface area contributed by atoms with Crippen LogP contribution in [-0.4, -0.2) is 23.8 Å². The standard InChI is InChI=1S/C18H30O3/c1-13-9-10-15-17(2,3)21-18(15,16(19)20-12-11-13)14-7-5-4-6-8-14/h13-15H,4-12H2,1-3H3/t13-,15+,18-/m1/s1. The van der Waals surface area contributed by atoms with Crippen LogP contribution in [0.25, 0.3) is 0 Å². The molecule has 0 spiro atoms. The summed E-state index contributed by atoms with van der Waals surface area (Å²) in [7, 11) is 0. The SMILES string of the molecule is C[C@H]1CCOC(=O)[C@]2(C3CCCCC3)OC(C)(C)[C@@H]2CC1. The van der Waals surface area contributed by atoms with Gasteiger partial charge >= 0.3 is 5.97 Å². The first-order valence-corrected chi connectivity index (χ1v) is 8.84. The number of fused-ring (bicyclic) bond motifs is 1. The average molecular weight is 294 g/mol. The Labute approximate surface area is 128 Å². The molecule has 3 aliphatic rings. The van der Waals surface area contributed by atoms with Crippen molar-refractivity contribution in [2.75, 3.05) is 6.61 Å². The highest BCUT2D eigenvalue weighted by Gasteiger charge is 2.68. The van der Waals surface area contributed by atoms with Crippen molar-refractivity contribution in [3.8, 4) is 0 Å². The highest BCUT2D eigenvalue weighted by Crippen LogP contribution is 2.57. The largest absolute Gasteiger partial charge is 0.464 e. The molecule has 0 radical (unpaired) electrons. The van der Waals surface area contributed by atoms with Crippen LogP contribution >= 0.6 is 0 Å². The van der Waals surface area contributed by atoms with E-state index in [1.807, 2.05) is 0 Å². The van der Waals surface area contributed by atoms with E-state index in [0.717, 1.165) is 25.7 Å². The summed E-state index contributed by atoms with van der Waals surface area (Å²) in [6, 6.07) is 0. The fourth-order valence-electron chi connectivity index (χ4n) is 4.91. The molecular weight excluding hydrogens is 264 g/mol. The van der Waals surface area contributed by atoms with E-state index in [4.69, 9.17) is 9.47 Å². The Balaban J connectivity index is 1.90. The lowest BCUT2D eigenvalue weighted by Crippen LogP contribution is -2.73. The normalized spacial score (nSPS) is 41.0. The van der Waals surface area contributed by atoms with Crippen LogP contribution in [0.4, 0.5) is 0 Å². The molecule has 0 aromatic carbocycles. The summed E-state index contributed by atoms with van der Waals surface area (Å²) in [5.74, 6) is 1.26. The van der Waals surface area contributed by atoms with Crippen molar-refractivity contribution in [3.63, 3.8) is 0 Å². The van der Waals surface area contributed by atoms with Crippen LogP contribution < -0.4 is 0 Å². The zero-order chi connectivity index (χ0) is 15.1. The summed E-state index contributed by atoms with van der Waals surface area (Å²) in [5, 5.41) is 0. The molecule has 1 saturated carbocycles. The van der Waals surface area contributed by atoms with E-state index in [-0.39, 0.29) is 11.6 Å². The average Bonchev–Trinajstić information content (AvgIpc) is 2.49. The highest BCUT2D eigenvalue weighted by molar-refractivity contribution is 5.82. The van der Waals surface area contributed by atoms with Crippen LogP contribution in [0.2, 0.25) is 0 Å². The lowest BCUT2D eigenvalue weighted by molar-refractivity contribution is -0.327. The van der Waals surface area contributed by atoms with Gasteiger partial charge in [-0.1, -0.05) is 32.6 Å². The predicted octanol–water partition coefficient (Wildman–Crippen LogP) is 4.09. The third-order valence-electron chi connectivity index (χ3n) is 6.11. The first kappa shape index (κ1) is 15.3. The van der Waals surface area contributed by atoms with Gasteiger partial charge in [-0.3, -0.25) is 0 Å². The van der Waals surface area contributed by atoms with E-state index in [0.29, 0.717) is 24.4 Å². The van der Waals surface area contributed by atoms with Gasteiger partial charge < -0.3 is 9.47 Å². The first-order valence-electron chi connectivity index (χ1n) is 8.84. The number of ether oxygens (including phenoxy) is 2. The maximum Gasteiger partial charge on any atom is 0.339 e. The van der Waals surface area contributed by atoms with Crippen LogP contribution in [0.3, 0.4) is 0 Å². The quantitative estimate of drug-likeness (QED) is 0.683. The van der Waals surface area contributed by atoms with Crippen molar-refractivity contribution in [1.82, 2.24) is 0 Å². The highest BCUT2D eigenvalue weighted by atomic mass is 16.6. The number of carbonyl (C=O) groups is 1. The Kier molecular flexibility index (Phi) is 4.06. The van der Waals surface area contributed by atoms with Crippen LogP contribution in [0.1, 0.15) is 72.1 Å². The minimum atomic E-state index is -0.631. The fraction of sp³-hybridized carbons (Fsp3) is 0.944. The second-order valence-corrected chi connectivity index (χ2v) is 7.99. The second kappa shape index (κ2) is 5.57. The van der Waals surface area contributed by atoms with Gasteiger partial charge in [0.05, 0.1) is 12.2 Å². The number of rotatable bonds is 1. The van der Waals surface area contributed by atoms with Crippen LogP contribution in [0.15, 0.2) is 0 Å². The van der Waals surface area contributed by atoms with Gasteiger partial charge in [-0.05, 0) is 51.4 Å². The molecule has 0 amide bonds. The van der Waals surface area contributed by atoms with E-state index in [1.54, 1.807) is 0 Å². The third kappa shape index (κ3) is 2.52. The van der Waals surface area contributed by atoms with Crippen molar-refractivity contribution in [2.45, 2.75) is 83.3 Å². The lowest BCUT2D eigenvalue weighted by Gasteiger charge is -2.61. The minimum absolute atomic E-state index is 0.0622. The molecule has 3 atom stereocenters. The van der Waals surface area contributed by atoms with Crippen LogP contribution in [0, 0.1) is 17.8 Å². The molecule has 0 aromatic heterocycles. The molecular formula is C18H30O3. The third-order valence-corrected chi connectivity index (χ3v) is 6.11. The topological polar surface area (TPSA) is 35.5 Å². The summed E-state index contributed by atoms with van der Waals surface area (Å²) in [6.07, 6.45) is 9.27. The Morgan fingerprint density at radius 1 is 1.00 bits per heavy atom. The smallest absolute Gasteiger partial charge is 0.339 e. The molecule has 2 aliphatic heterocycles. The van der Waals surface area contributed by atoms with E-state index in [2.05, 4.69) is 20.8 Å². The molecule has 21 heavy (non-hydrogen) atoms. The predicted molar refractivity (Wildman–Crippen MR) is 81.9 cm³/mol. The fourth-order valence-corrected chi connectivity index (χ4v) is 4.91. The number of esters is 1. The molecule has 3 heteroatoms. The molecule has 0 aromatic rings. The van der Waals surface area contributed by atoms with E-state index >= 15 is 0 Å². The second-order valence-electron chi connectivity index (χ2n) is 7.99. The van der Waals surface area contributed by atoms with Crippen molar-refractivity contribution in [3.05, 3.63) is 0 Å². The van der Waals surface area contributed by atoms with E-state index in [1.165, 1.54) is 25.7 Å². The zero-order valence-corrected chi connectivity index (χ0v) is 13.8. The maximum atomic E-state index is 12.8. The number of hydrogen-bond donors (Lipinski definition) is 0. The van der Waals surface area contributed by atoms with Crippen LogP contribution in [0.5, 0.6) is 0 Å². The van der Waals surface area contributed by atoms with E-state index in [9.17, 15) is 4.79 Å². The number of hydrogen-bond acceptors (Lipinski definition) is 3. The van der Waals surface area contributed by atoms with E-state index < -0.39 is 5.60 Å². The number of cyclic esters (lactones) is 1. The monoisotopic (exact) mass is 294 g/mol. The Morgan fingerprint density at radius 2 is 1.71 bits per heavy atom. The van der Waals surface area contributed by atoms with Gasteiger partial charge in [-0.25, -0.2) is 4.79 Å². The molecule has 2 heterocycles. The van der Waals surface area contributed by atoms with Gasteiger partial charge in [0.25, 0.3) is 0 Å². The lowest BCUT2D eigenvalue weighted by atomic mass is 9.59. The molecule has 0 bridgehead atoms. The molecule has 120 valence electrons. The molecule has 3 nitrogen and oxygen atoms in total. The van der Waals surface area contributed by atoms with Gasteiger partial charge in [-0.2, -0.15) is 0 Å². The summed E-state index contributed by atoms with van der Waals surface area (Å²) in [4.78, 5) is 12.8. The Morgan fingerprint density at radius 3 is 2.38 bits per heavy atom. The molecule has 0 unspecified atom stereocenters. The van der Waals surface area contributed by atoms with Crippen molar-refractivity contribution in [1.29, 1.82) is 0 Å². The van der Waals surface area contributed by atoms with Gasteiger partial charge in [0.15, 0.2) is 5.60 Å². The Hall–Kier alpha value is -0.570. The summed E-state index contributed by atoms with van der Waals surface area (Å²) >= 11 is 0. The minimum Gasteiger partial charge on any atom is -0.464 e. The van der Waals surface area contributed by atoms with Crippen molar-refractivity contribution >= 4 is 5.97 Å². The molecule has 3 fully saturated rings. The van der Waals surface area contributed by atoms with Crippen LogP contribution in [-0.2, 0) is 14.3 Å². The van der Waals surface area contributed by atoms with Crippen molar-refractivity contribution < 1.29 is 14.3 Å². The molecule has 1 aliphatic carbocycles. The van der Waals surface area contributed by atoms with Gasteiger partial charge in [-0.15, -0.1) is 0 Å². The van der Waals surface area contributed by atoms with Crippen molar-refractivity contribution in [2.24, 2.45) is 17.8 Å². The molecule has 2 saturated heterocycles. The first-order chi connectivity index (χ1) is 9.97. The number of carbonyl (C=O) groups excluding carboxylic acids is 1. The summed E-state index contributed by atoms with van der Waals surface area (Å²) < 4.78 is 12.0. The van der Waals surface area contributed by atoms with Gasteiger partial charge in [0, 0.05) is 5.92 Å². The zero-order valence-electron chi connectivity index (χ0n) is 13.8. The molecule has 3 rings (SSSR count). The van der Waals surface area contributed by atoms with Gasteiger partial charge in [0.2, 0.25) is 0 Å². The Bertz CT molecular complexity index is 397. The maximum absolute atomic E-state index is 12.8. The summed E-state index contributed by atoms with van der Waals surface area (Å²) in [6.45, 7) is 7.13. The summed E-state index contributed by atoms with van der Waals surface area (Å²) in [5.41, 5.74) is -0.811.